The van der Waals surface area contributed by atoms with Crippen LogP contribution >= 0.6 is 11.6 Å². The van der Waals surface area contributed by atoms with Gasteiger partial charge in [-0.3, -0.25) is 5.10 Å². The molecule has 0 radical (unpaired) electrons. The number of hydrogen-bond acceptors (Lipinski definition) is 5. The summed E-state index contributed by atoms with van der Waals surface area (Å²) in [7, 11) is 0. The molecule has 1 aliphatic rings. The molecule has 2 aromatic heterocycles. The molecule has 130 valence electrons. The smallest absolute Gasteiger partial charge is 0.177 e. The van der Waals surface area contributed by atoms with E-state index in [2.05, 4.69) is 27.0 Å². The normalized spacial score (nSPS) is 17.2. The summed E-state index contributed by atoms with van der Waals surface area (Å²) in [6.45, 7) is 4.00. The molecule has 0 amide bonds. The van der Waals surface area contributed by atoms with Crippen LogP contribution in [0, 0.1) is 5.92 Å². The molecule has 0 spiro atoms. The second-order valence-electron chi connectivity index (χ2n) is 6.66. The van der Waals surface area contributed by atoms with Gasteiger partial charge in [-0.15, -0.1) is 0 Å². The molecule has 1 fully saturated rings. The van der Waals surface area contributed by atoms with Crippen LogP contribution in [0.25, 0.3) is 22.4 Å². The first-order chi connectivity index (χ1) is 12.1. The number of hydrogen-bond donors (Lipinski definition) is 2. The zero-order chi connectivity index (χ0) is 17.4. The molecular weight excluding hydrogens is 336 g/mol. The first-order valence-corrected chi connectivity index (χ1v) is 8.98. The summed E-state index contributed by atoms with van der Waals surface area (Å²) in [6.07, 6.45) is 4.00. The number of rotatable bonds is 3. The van der Waals surface area contributed by atoms with E-state index in [4.69, 9.17) is 22.3 Å². The topological polar surface area (TPSA) is 83.7 Å². The van der Waals surface area contributed by atoms with Gasteiger partial charge < -0.3 is 10.6 Å². The molecule has 7 heteroatoms. The minimum Gasteiger partial charge on any atom is -0.355 e. The van der Waals surface area contributed by atoms with Gasteiger partial charge in [-0.1, -0.05) is 29.8 Å². The predicted molar refractivity (Wildman–Crippen MR) is 101 cm³/mol. The SMILES string of the molecule is CC(N)C1CCN(c2cnc3c(-c4ccccc4Cl)n[nH]c3n2)CC1. The summed E-state index contributed by atoms with van der Waals surface area (Å²) in [5.74, 6) is 1.47. The molecule has 0 bridgehead atoms. The quantitative estimate of drug-likeness (QED) is 0.752. The lowest BCUT2D eigenvalue weighted by Crippen LogP contribution is -2.40. The molecular formula is C18H21ClN6. The fourth-order valence-electron chi connectivity index (χ4n) is 3.44. The molecule has 1 aliphatic heterocycles. The van der Waals surface area contributed by atoms with Crippen molar-refractivity contribution in [1.82, 2.24) is 20.2 Å². The standard InChI is InChI=1S/C18H21ClN6/c1-11(20)12-6-8-25(9-7-12)15-10-21-17-16(23-24-18(17)22-15)13-4-2-3-5-14(13)19/h2-5,10-12H,6-9,20H2,1H3,(H,22,23,24). The highest BCUT2D eigenvalue weighted by atomic mass is 35.5. The van der Waals surface area contributed by atoms with E-state index in [-0.39, 0.29) is 6.04 Å². The Morgan fingerprint density at radius 3 is 2.76 bits per heavy atom. The fourth-order valence-corrected chi connectivity index (χ4v) is 3.67. The second-order valence-corrected chi connectivity index (χ2v) is 7.07. The van der Waals surface area contributed by atoms with Gasteiger partial charge in [0.25, 0.3) is 0 Å². The summed E-state index contributed by atoms with van der Waals surface area (Å²) >= 11 is 6.29. The average molecular weight is 357 g/mol. The lowest BCUT2D eigenvalue weighted by Gasteiger charge is -2.34. The van der Waals surface area contributed by atoms with Crippen LogP contribution in [-0.4, -0.2) is 39.3 Å². The number of nitrogens with two attached hydrogens (primary N) is 1. The van der Waals surface area contributed by atoms with Crippen molar-refractivity contribution in [2.45, 2.75) is 25.8 Å². The highest BCUT2D eigenvalue weighted by Crippen LogP contribution is 2.31. The van der Waals surface area contributed by atoms with E-state index < -0.39 is 0 Å². The van der Waals surface area contributed by atoms with Crippen LogP contribution < -0.4 is 10.6 Å². The Balaban J connectivity index is 1.62. The van der Waals surface area contributed by atoms with Gasteiger partial charge >= 0.3 is 0 Å². The summed E-state index contributed by atoms with van der Waals surface area (Å²) in [4.78, 5) is 11.6. The Bertz CT molecular complexity index is 882. The Morgan fingerprint density at radius 1 is 1.28 bits per heavy atom. The molecule has 3 N–H and O–H groups in total. The van der Waals surface area contributed by atoms with Crippen molar-refractivity contribution in [3.05, 3.63) is 35.5 Å². The lowest BCUT2D eigenvalue weighted by molar-refractivity contribution is 0.353. The minimum absolute atomic E-state index is 0.251. The number of benzene rings is 1. The summed E-state index contributed by atoms with van der Waals surface area (Å²) in [6, 6.07) is 7.87. The first kappa shape index (κ1) is 16.3. The second kappa shape index (κ2) is 6.61. The number of aromatic amines is 1. The summed E-state index contributed by atoms with van der Waals surface area (Å²) in [5.41, 5.74) is 9.03. The van der Waals surface area contributed by atoms with Crippen LogP contribution in [0.2, 0.25) is 5.02 Å². The third kappa shape index (κ3) is 3.07. The van der Waals surface area contributed by atoms with E-state index in [1.165, 1.54) is 0 Å². The lowest BCUT2D eigenvalue weighted by atomic mass is 9.91. The third-order valence-corrected chi connectivity index (χ3v) is 5.32. The van der Waals surface area contributed by atoms with E-state index in [0.717, 1.165) is 48.5 Å². The molecule has 3 heterocycles. The van der Waals surface area contributed by atoms with Gasteiger partial charge in [-0.2, -0.15) is 5.10 Å². The molecule has 25 heavy (non-hydrogen) atoms. The maximum Gasteiger partial charge on any atom is 0.177 e. The van der Waals surface area contributed by atoms with Crippen LogP contribution in [0.4, 0.5) is 5.82 Å². The van der Waals surface area contributed by atoms with E-state index in [1.807, 2.05) is 30.5 Å². The largest absolute Gasteiger partial charge is 0.355 e. The zero-order valence-corrected chi connectivity index (χ0v) is 14.9. The molecule has 1 saturated heterocycles. The summed E-state index contributed by atoms with van der Waals surface area (Å²) < 4.78 is 0. The number of piperidine rings is 1. The molecule has 3 aromatic rings. The molecule has 0 aliphatic carbocycles. The number of H-pyrrole nitrogens is 1. The number of halogens is 1. The van der Waals surface area contributed by atoms with Gasteiger partial charge in [0.2, 0.25) is 0 Å². The fraction of sp³-hybridized carbons (Fsp3) is 0.389. The van der Waals surface area contributed by atoms with Crippen molar-refractivity contribution in [3.63, 3.8) is 0 Å². The predicted octanol–water partition coefficient (Wildman–Crippen LogP) is 3.24. The van der Waals surface area contributed by atoms with Crippen LogP contribution in [-0.2, 0) is 0 Å². The van der Waals surface area contributed by atoms with Crippen molar-refractivity contribution in [2.24, 2.45) is 11.7 Å². The maximum absolute atomic E-state index is 6.29. The number of fused-ring (bicyclic) bond motifs is 1. The molecule has 0 saturated carbocycles. The highest BCUT2D eigenvalue weighted by molar-refractivity contribution is 6.33. The zero-order valence-electron chi connectivity index (χ0n) is 14.1. The van der Waals surface area contributed by atoms with E-state index >= 15 is 0 Å². The number of anilines is 1. The van der Waals surface area contributed by atoms with Crippen molar-refractivity contribution in [3.8, 4) is 11.3 Å². The Kier molecular flexibility index (Phi) is 4.31. The van der Waals surface area contributed by atoms with Crippen LogP contribution in [0.5, 0.6) is 0 Å². The Labute approximate surface area is 151 Å². The van der Waals surface area contributed by atoms with Crippen LogP contribution in [0.1, 0.15) is 19.8 Å². The molecule has 6 nitrogen and oxygen atoms in total. The van der Waals surface area contributed by atoms with E-state index in [0.29, 0.717) is 16.6 Å². The van der Waals surface area contributed by atoms with Gasteiger partial charge in [-0.25, -0.2) is 9.97 Å². The number of nitrogens with zero attached hydrogens (tertiary/aromatic N) is 4. The molecule has 1 atom stereocenters. The highest BCUT2D eigenvalue weighted by Gasteiger charge is 2.23. The number of aromatic nitrogens is 4. The summed E-state index contributed by atoms with van der Waals surface area (Å²) in [5, 5.41) is 8.02. The van der Waals surface area contributed by atoms with Crippen molar-refractivity contribution in [2.75, 3.05) is 18.0 Å². The molecule has 1 unspecified atom stereocenters. The van der Waals surface area contributed by atoms with Gasteiger partial charge in [0.1, 0.15) is 17.0 Å². The van der Waals surface area contributed by atoms with Gasteiger partial charge in [-0.05, 0) is 31.7 Å². The van der Waals surface area contributed by atoms with Crippen LogP contribution in [0.15, 0.2) is 30.5 Å². The average Bonchev–Trinajstić information content (AvgIpc) is 3.05. The first-order valence-electron chi connectivity index (χ1n) is 8.60. The third-order valence-electron chi connectivity index (χ3n) is 4.99. The molecule has 4 rings (SSSR count). The van der Waals surface area contributed by atoms with Gasteiger partial charge in [0.15, 0.2) is 5.65 Å². The van der Waals surface area contributed by atoms with E-state index in [9.17, 15) is 0 Å². The van der Waals surface area contributed by atoms with Crippen molar-refractivity contribution in [1.29, 1.82) is 0 Å². The van der Waals surface area contributed by atoms with Crippen molar-refractivity contribution < 1.29 is 0 Å². The van der Waals surface area contributed by atoms with Crippen molar-refractivity contribution >= 4 is 28.6 Å². The Morgan fingerprint density at radius 2 is 2.04 bits per heavy atom. The maximum atomic E-state index is 6.29. The Hall–Kier alpha value is -2.18. The van der Waals surface area contributed by atoms with E-state index in [1.54, 1.807) is 0 Å². The minimum atomic E-state index is 0.251. The number of nitrogens with one attached hydrogen (secondary N) is 1. The van der Waals surface area contributed by atoms with Gasteiger partial charge in [0.05, 0.1) is 11.2 Å². The van der Waals surface area contributed by atoms with Crippen LogP contribution in [0.3, 0.4) is 0 Å². The molecule has 1 aromatic carbocycles. The monoisotopic (exact) mass is 356 g/mol. The van der Waals surface area contributed by atoms with Gasteiger partial charge in [0, 0.05) is 24.7 Å².